The van der Waals surface area contributed by atoms with Crippen molar-refractivity contribution < 1.29 is 9.59 Å². The fourth-order valence-corrected chi connectivity index (χ4v) is 3.02. The molecule has 1 heterocycles. The molecule has 4 nitrogen and oxygen atoms in total. The minimum atomic E-state index is -0.691. The highest BCUT2D eigenvalue weighted by atomic mass is 35.5. The van der Waals surface area contributed by atoms with Crippen molar-refractivity contribution in [2.45, 2.75) is 12.5 Å². The van der Waals surface area contributed by atoms with Gasteiger partial charge in [-0.3, -0.25) is 9.59 Å². The quantitative estimate of drug-likeness (QED) is 0.730. The van der Waals surface area contributed by atoms with Crippen LogP contribution in [0.25, 0.3) is 0 Å². The van der Waals surface area contributed by atoms with Crippen molar-refractivity contribution in [3.8, 4) is 0 Å². The molecule has 3 rings (SSSR count). The van der Waals surface area contributed by atoms with Crippen LogP contribution >= 0.6 is 46.4 Å². The van der Waals surface area contributed by atoms with Gasteiger partial charge in [-0.15, -0.1) is 0 Å². The van der Waals surface area contributed by atoms with Crippen LogP contribution in [-0.2, 0) is 9.59 Å². The van der Waals surface area contributed by atoms with Gasteiger partial charge in [-0.25, -0.2) is 4.90 Å². The smallest absolute Gasteiger partial charge is 0.256 e. The lowest BCUT2D eigenvalue weighted by molar-refractivity contribution is -0.121. The van der Waals surface area contributed by atoms with Crippen LogP contribution in [0.3, 0.4) is 0 Å². The Morgan fingerprint density at radius 1 is 0.875 bits per heavy atom. The van der Waals surface area contributed by atoms with Crippen LogP contribution in [0.5, 0.6) is 0 Å². The number of rotatable bonds is 3. The first kappa shape index (κ1) is 17.4. The molecule has 8 heteroatoms. The SMILES string of the molecule is O=C1C[C@H](Nc2ccc(Cl)c(Cl)c2)C(=O)N1c1ccc(Cl)c(Cl)c1. The van der Waals surface area contributed by atoms with Crippen molar-refractivity contribution in [2.75, 3.05) is 10.2 Å². The number of imide groups is 1. The number of hydrogen-bond donors (Lipinski definition) is 1. The zero-order valence-corrected chi connectivity index (χ0v) is 15.0. The molecule has 0 radical (unpaired) electrons. The highest BCUT2D eigenvalue weighted by Crippen LogP contribution is 2.31. The van der Waals surface area contributed by atoms with E-state index in [1.807, 2.05) is 0 Å². The van der Waals surface area contributed by atoms with E-state index in [2.05, 4.69) is 5.32 Å². The van der Waals surface area contributed by atoms with E-state index in [0.29, 0.717) is 26.4 Å². The minimum Gasteiger partial charge on any atom is -0.373 e. The topological polar surface area (TPSA) is 49.4 Å². The zero-order valence-electron chi connectivity index (χ0n) is 12.0. The largest absolute Gasteiger partial charge is 0.373 e. The summed E-state index contributed by atoms with van der Waals surface area (Å²) in [6.45, 7) is 0. The number of anilines is 2. The predicted molar refractivity (Wildman–Crippen MR) is 97.4 cm³/mol. The number of halogens is 4. The number of nitrogens with one attached hydrogen (secondary N) is 1. The minimum absolute atomic E-state index is 0.0271. The third-order valence-electron chi connectivity index (χ3n) is 3.57. The fraction of sp³-hybridized carbons (Fsp3) is 0.125. The van der Waals surface area contributed by atoms with Crippen LogP contribution in [0.1, 0.15) is 6.42 Å². The van der Waals surface area contributed by atoms with Crippen molar-refractivity contribution in [2.24, 2.45) is 0 Å². The monoisotopic (exact) mass is 402 g/mol. The molecular weight excluding hydrogens is 394 g/mol. The van der Waals surface area contributed by atoms with Crippen LogP contribution in [0.2, 0.25) is 20.1 Å². The molecule has 0 aromatic heterocycles. The maximum atomic E-state index is 12.6. The van der Waals surface area contributed by atoms with E-state index in [1.165, 1.54) is 6.07 Å². The Morgan fingerprint density at radius 2 is 1.50 bits per heavy atom. The molecule has 2 aromatic carbocycles. The molecule has 1 aliphatic rings. The van der Waals surface area contributed by atoms with Gasteiger partial charge in [-0.05, 0) is 36.4 Å². The number of amides is 2. The van der Waals surface area contributed by atoms with Crippen molar-refractivity contribution in [1.82, 2.24) is 0 Å². The molecule has 1 aliphatic heterocycles. The summed E-state index contributed by atoms with van der Waals surface area (Å²) in [6.07, 6.45) is 0.0271. The van der Waals surface area contributed by atoms with E-state index in [9.17, 15) is 9.59 Å². The van der Waals surface area contributed by atoms with E-state index >= 15 is 0 Å². The Kier molecular flexibility index (Phi) is 4.92. The lowest BCUT2D eigenvalue weighted by atomic mass is 10.2. The molecule has 1 atom stereocenters. The summed E-state index contributed by atoms with van der Waals surface area (Å²) in [5.41, 5.74) is 0.990. The molecule has 0 bridgehead atoms. The first-order chi connectivity index (χ1) is 11.4. The molecule has 2 aromatic rings. The summed E-state index contributed by atoms with van der Waals surface area (Å²) >= 11 is 23.7. The Labute approximate surface area is 158 Å². The molecule has 1 saturated heterocycles. The maximum absolute atomic E-state index is 12.6. The van der Waals surface area contributed by atoms with Crippen LogP contribution in [-0.4, -0.2) is 17.9 Å². The van der Waals surface area contributed by atoms with Gasteiger partial charge < -0.3 is 5.32 Å². The average Bonchev–Trinajstić information content (AvgIpc) is 2.80. The summed E-state index contributed by atoms with van der Waals surface area (Å²) in [7, 11) is 0. The van der Waals surface area contributed by atoms with Crippen molar-refractivity contribution in [3.63, 3.8) is 0 Å². The van der Waals surface area contributed by atoms with Crippen molar-refractivity contribution in [3.05, 3.63) is 56.5 Å². The van der Waals surface area contributed by atoms with E-state index < -0.39 is 6.04 Å². The number of hydrogen-bond acceptors (Lipinski definition) is 3. The Balaban J connectivity index is 1.83. The van der Waals surface area contributed by atoms with Gasteiger partial charge in [-0.1, -0.05) is 46.4 Å². The predicted octanol–water partition coefficient (Wildman–Crippen LogP) is 5.04. The molecule has 24 heavy (non-hydrogen) atoms. The maximum Gasteiger partial charge on any atom is 0.256 e. The van der Waals surface area contributed by atoms with Crippen molar-refractivity contribution in [1.29, 1.82) is 0 Å². The second kappa shape index (κ2) is 6.81. The lowest BCUT2D eigenvalue weighted by Crippen LogP contribution is -2.34. The third kappa shape index (κ3) is 3.33. The Bertz CT molecular complexity index is 841. The van der Waals surface area contributed by atoms with E-state index in [1.54, 1.807) is 30.3 Å². The highest BCUT2D eigenvalue weighted by molar-refractivity contribution is 6.42. The summed E-state index contributed by atoms with van der Waals surface area (Å²) in [5, 5.41) is 4.40. The summed E-state index contributed by atoms with van der Waals surface area (Å²) in [5.74, 6) is -0.694. The first-order valence-corrected chi connectivity index (χ1v) is 8.41. The molecule has 0 unspecified atom stereocenters. The number of carbonyl (C=O) groups excluding carboxylic acids is 2. The second-order valence-corrected chi connectivity index (χ2v) is 6.82. The van der Waals surface area contributed by atoms with Crippen LogP contribution in [0.15, 0.2) is 36.4 Å². The third-order valence-corrected chi connectivity index (χ3v) is 5.05. The average molecular weight is 404 g/mol. The van der Waals surface area contributed by atoms with Gasteiger partial charge in [0, 0.05) is 5.69 Å². The number of benzene rings is 2. The summed E-state index contributed by atoms with van der Waals surface area (Å²) < 4.78 is 0. The second-order valence-electron chi connectivity index (χ2n) is 5.20. The van der Waals surface area contributed by atoms with Crippen LogP contribution in [0, 0.1) is 0 Å². The number of carbonyl (C=O) groups is 2. The molecule has 0 saturated carbocycles. The van der Waals surface area contributed by atoms with Gasteiger partial charge >= 0.3 is 0 Å². The van der Waals surface area contributed by atoms with E-state index in [-0.39, 0.29) is 23.3 Å². The highest BCUT2D eigenvalue weighted by Gasteiger charge is 2.39. The first-order valence-electron chi connectivity index (χ1n) is 6.90. The molecule has 1 fully saturated rings. The van der Waals surface area contributed by atoms with Gasteiger partial charge in [0.1, 0.15) is 6.04 Å². The van der Waals surface area contributed by atoms with E-state index in [4.69, 9.17) is 46.4 Å². The standard InChI is InChI=1S/C16H10Cl4N2O2/c17-10-3-1-8(5-12(10)19)21-14-7-15(23)22(16(14)24)9-2-4-11(18)13(20)6-9/h1-6,14,21H,7H2/t14-/m0/s1. The van der Waals surface area contributed by atoms with Crippen LogP contribution < -0.4 is 10.2 Å². The van der Waals surface area contributed by atoms with Gasteiger partial charge in [-0.2, -0.15) is 0 Å². The van der Waals surface area contributed by atoms with Gasteiger partial charge in [0.2, 0.25) is 5.91 Å². The molecule has 1 N–H and O–H groups in total. The molecular formula is C16H10Cl4N2O2. The summed E-state index contributed by atoms with van der Waals surface area (Å²) in [4.78, 5) is 25.9. The van der Waals surface area contributed by atoms with E-state index in [0.717, 1.165) is 4.90 Å². The van der Waals surface area contributed by atoms with Gasteiger partial charge in [0.25, 0.3) is 5.91 Å². The molecule has 2 amide bonds. The van der Waals surface area contributed by atoms with Gasteiger partial charge in [0.15, 0.2) is 0 Å². The molecule has 0 aliphatic carbocycles. The zero-order chi connectivity index (χ0) is 17.4. The normalized spacial score (nSPS) is 17.5. The molecule has 0 spiro atoms. The molecule has 124 valence electrons. The van der Waals surface area contributed by atoms with Crippen molar-refractivity contribution >= 4 is 69.6 Å². The fourth-order valence-electron chi connectivity index (χ4n) is 2.43. The number of nitrogens with zero attached hydrogens (tertiary/aromatic N) is 1. The lowest BCUT2D eigenvalue weighted by Gasteiger charge is -2.17. The Morgan fingerprint density at radius 3 is 2.12 bits per heavy atom. The van der Waals surface area contributed by atoms with Gasteiger partial charge in [0.05, 0.1) is 32.2 Å². The van der Waals surface area contributed by atoms with Crippen LogP contribution in [0.4, 0.5) is 11.4 Å². The summed E-state index contributed by atoms with van der Waals surface area (Å²) in [6, 6.07) is 8.82. The Hall–Kier alpha value is -1.46.